The van der Waals surface area contributed by atoms with Crippen molar-refractivity contribution in [3.8, 4) is 0 Å². The topological polar surface area (TPSA) is 60.0 Å². The van der Waals surface area contributed by atoms with Gasteiger partial charge in [-0.25, -0.2) is 0 Å². The number of nitrogens with two attached hydrogens (primary N) is 1. The van der Waals surface area contributed by atoms with E-state index in [4.69, 9.17) is 5.73 Å². The molecule has 1 aromatic heterocycles. The van der Waals surface area contributed by atoms with Crippen molar-refractivity contribution < 1.29 is 0 Å². The van der Waals surface area contributed by atoms with Gasteiger partial charge in [0.2, 0.25) is 0 Å². The predicted molar refractivity (Wildman–Crippen MR) is 72.0 cm³/mol. The van der Waals surface area contributed by atoms with Gasteiger partial charge >= 0.3 is 0 Å². The highest BCUT2D eigenvalue weighted by molar-refractivity contribution is 4.96. The third-order valence-electron chi connectivity index (χ3n) is 4.10. The highest BCUT2D eigenvalue weighted by atomic mass is 15.3. The minimum atomic E-state index is 0.0848. The maximum absolute atomic E-state index is 6.03. The molecule has 0 saturated carbocycles. The van der Waals surface area contributed by atoms with Crippen LogP contribution >= 0.6 is 0 Å². The van der Waals surface area contributed by atoms with E-state index < -0.39 is 0 Å². The van der Waals surface area contributed by atoms with Gasteiger partial charge in [0.1, 0.15) is 12.2 Å². The van der Waals surface area contributed by atoms with Crippen molar-refractivity contribution in [1.29, 1.82) is 0 Å². The lowest BCUT2D eigenvalue weighted by Crippen LogP contribution is -2.54. The van der Waals surface area contributed by atoms with E-state index >= 15 is 0 Å². The zero-order chi connectivity index (χ0) is 13.2. The molecular weight excluding hydrogens is 226 g/mol. The number of hydrogen-bond acceptors (Lipinski definition) is 4. The van der Waals surface area contributed by atoms with E-state index in [0.29, 0.717) is 6.54 Å². The molecule has 102 valence electrons. The highest BCUT2D eigenvalue weighted by Gasteiger charge is 2.33. The van der Waals surface area contributed by atoms with E-state index in [2.05, 4.69) is 40.4 Å². The molecule has 1 aliphatic rings. The monoisotopic (exact) mass is 251 g/mol. The van der Waals surface area contributed by atoms with Crippen LogP contribution in [0.1, 0.15) is 39.4 Å². The van der Waals surface area contributed by atoms with Crippen molar-refractivity contribution in [3.63, 3.8) is 0 Å². The molecule has 18 heavy (non-hydrogen) atoms. The van der Waals surface area contributed by atoms with Gasteiger partial charge in [-0.1, -0.05) is 13.8 Å². The van der Waals surface area contributed by atoms with Crippen molar-refractivity contribution in [1.82, 2.24) is 19.7 Å². The van der Waals surface area contributed by atoms with Gasteiger partial charge in [-0.3, -0.25) is 4.90 Å². The van der Waals surface area contributed by atoms with Crippen molar-refractivity contribution >= 4 is 0 Å². The van der Waals surface area contributed by atoms with Crippen LogP contribution in [-0.4, -0.2) is 38.3 Å². The molecule has 0 aliphatic carbocycles. The Kier molecular flexibility index (Phi) is 4.02. The molecule has 2 N–H and O–H groups in total. The first-order chi connectivity index (χ1) is 8.55. The first-order valence-corrected chi connectivity index (χ1v) is 6.87. The third-order valence-corrected chi connectivity index (χ3v) is 4.10. The number of fused-ring (bicyclic) bond motifs is 1. The fourth-order valence-electron chi connectivity index (χ4n) is 2.52. The van der Waals surface area contributed by atoms with Crippen molar-refractivity contribution in [2.24, 2.45) is 11.7 Å². The van der Waals surface area contributed by atoms with Crippen LogP contribution < -0.4 is 5.73 Å². The standard InChI is InChI=1S/C13H25N5/c1-11(2)4-5-13(3,9-14)18-7-6-17-10-15-16-12(17)8-18/h10-11H,4-9,14H2,1-3H3. The van der Waals surface area contributed by atoms with E-state index in [0.717, 1.165) is 37.8 Å². The third kappa shape index (κ3) is 2.72. The molecule has 1 atom stereocenters. The number of aromatic nitrogens is 3. The van der Waals surface area contributed by atoms with Gasteiger partial charge < -0.3 is 10.3 Å². The molecule has 0 bridgehead atoms. The van der Waals surface area contributed by atoms with E-state index in [1.807, 2.05) is 6.33 Å². The van der Waals surface area contributed by atoms with Crippen LogP contribution in [0.4, 0.5) is 0 Å². The Labute approximate surface area is 109 Å². The Hall–Kier alpha value is -0.940. The van der Waals surface area contributed by atoms with Crippen LogP contribution in [0.3, 0.4) is 0 Å². The van der Waals surface area contributed by atoms with Crippen LogP contribution in [0.2, 0.25) is 0 Å². The van der Waals surface area contributed by atoms with Gasteiger partial charge in [-0.15, -0.1) is 10.2 Å². The molecular formula is C13H25N5. The second kappa shape index (κ2) is 5.36. The van der Waals surface area contributed by atoms with Crippen LogP contribution in [-0.2, 0) is 13.1 Å². The number of hydrogen-bond donors (Lipinski definition) is 1. The maximum Gasteiger partial charge on any atom is 0.147 e. The molecule has 0 aromatic carbocycles. The van der Waals surface area contributed by atoms with Crippen molar-refractivity contribution in [2.45, 2.75) is 52.2 Å². The Morgan fingerprint density at radius 2 is 2.22 bits per heavy atom. The van der Waals surface area contributed by atoms with Crippen LogP contribution in [0, 0.1) is 5.92 Å². The molecule has 1 aromatic rings. The maximum atomic E-state index is 6.03. The molecule has 1 unspecified atom stereocenters. The van der Waals surface area contributed by atoms with Gasteiger partial charge in [-0.2, -0.15) is 0 Å². The summed E-state index contributed by atoms with van der Waals surface area (Å²) in [5.74, 6) is 1.79. The smallest absolute Gasteiger partial charge is 0.147 e. The molecule has 0 amide bonds. The van der Waals surface area contributed by atoms with Gasteiger partial charge in [0.25, 0.3) is 0 Å². The first kappa shape index (κ1) is 13.5. The summed E-state index contributed by atoms with van der Waals surface area (Å²) in [6, 6.07) is 0. The molecule has 1 aliphatic heterocycles. The van der Waals surface area contributed by atoms with E-state index in [9.17, 15) is 0 Å². The molecule has 0 radical (unpaired) electrons. The van der Waals surface area contributed by atoms with E-state index in [1.165, 1.54) is 6.42 Å². The van der Waals surface area contributed by atoms with E-state index in [-0.39, 0.29) is 5.54 Å². The second-order valence-electron chi connectivity index (χ2n) is 6.00. The highest BCUT2D eigenvalue weighted by Crippen LogP contribution is 2.26. The summed E-state index contributed by atoms with van der Waals surface area (Å²) in [7, 11) is 0. The first-order valence-electron chi connectivity index (χ1n) is 6.87. The zero-order valence-corrected chi connectivity index (χ0v) is 11.8. The summed E-state index contributed by atoms with van der Waals surface area (Å²) in [4.78, 5) is 2.47. The minimum absolute atomic E-state index is 0.0848. The molecule has 0 spiro atoms. The quantitative estimate of drug-likeness (QED) is 0.855. The predicted octanol–water partition coefficient (Wildman–Crippen LogP) is 1.25. The summed E-state index contributed by atoms with van der Waals surface area (Å²) in [6.07, 6.45) is 4.19. The van der Waals surface area contributed by atoms with Gasteiger partial charge in [0.15, 0.2) is 0 Å². The normalized spacial score (nSPS) is 19.8. The lowest BCUT2D eigenvalue weighted by molar-refractivity contribution is 0.0655. The average molecular weight is 251 g/mol. The zero-order valence-electron chi connectivity index (χ0n) is 11.8. The van der Waals surface area contributed by atoms with Gasteiger partial charge in [-0.05, 0) is 25.7 Å². The summed E-state index contributed by atoms with van der Waals surface area (Å²) in [6.45, 7) is 10.4. The second-order valence-corrected chi connectivity index (χ2v) is 6.00. The summed E-state index contributed by atoms with van der Waals surface area (Å²) in [5, 5.41) is 8.16. The fraction of sp³-hybridized carbons (Fsp3) is 0.846. The summed E-state index contributed by atoms with van der Waals surface area (Å²) < 4.78 is 2.13. The number of nitrogens with zero attached hydrogens (tertiary/aromatic N) is 4. The Morgan fingerprint density at radius 1 is 1.44 bits per heavy atom. The Morgan fingerprint density at radius 3 is 2.89 bits per heavy atom. The largest absolute Gasteiger partial charge is 0.329 e. The molecule has 5 nitrogen and oxygen atoms in total. The van der Waals surface area contributed by atoms with Gasteiger partial charge in [0.05, 0.1) is 6.54 Å². The molecule has 5 heteroatoms. The van der Waals surface area contributed by atoms with Crippen molar-refractivity contribution in [3.05, 3.63) is 12.2 Å². The molecule has 0 fully saturated rings. The molecule has 2 heterocycles. The van der Waals surface area contributed by atoms with Crippen LogP contribution in [0.15, 0.2) is 6.33 Å². The fourth-order valence-corrected chi connectivity index (χ4v) is 2.52. The van der Waals surface area contributed by atoms with Crippen LogP contribution in [0.25, 0.3) is 0 Å². The summed E-state index contributed by atoms with van der Waals surface area (Å²) >= 11 is 0. The summed E-state index contributed by atoms with van der Waals surface area (Å²) in [5.41, 5.74) is 6.12. The minimum Gasteiger partial charge on any atom is -0.329 e. The van der Waals surface area contributed by atoms with Crippen LogP contribution in [0.5, 0.6) is 0 Å². The average Bonchev–Trinajstić information content (AvgIpc) is 2.83. The lowest BCUT2D eigenvalue weighted by Gasteiger charge is -2.43. The SMILES string of the molecule is CC(C)CCC(C)(CN)N1CCn2cnnc2C1. The van der Waals surface area contributed by atoms with Gasteiger partial charge in [0, 0.05) is 25.2 Å². The van der Waals surface area contributed by atoms with Crippen molar-refractivity contribution in [2.75, 3.05) is 13.1 Å². The lowest BCUT2D eigenvalue weighted by atomic mass is 9.89. The molecule has 2 rings (SSSR count). The van der Waals surface area contributed by atoms with E-state index in [1.54, 1.807) is 0 Å². The Bertz CT molecular complexity index is 386. The Balaban J connectivity index is 2.05. The number of rotatable bonds is 5. The molecule has 0 saturated heterocycles.